The van der Waals surface area contributed by atoms with Crippen LogP contribution in [0.25, 0.3) is 22.2 Å². The molecule has 0 spiro atoms. The molecule has 4 heterocycles. The van der Waals surface area contributed by atoms with Gasteiger partial charge >= 0.3 is 0 Å². The normalized spacial score (nSPS) is 20.9. The summed E-state index contributed by atoms with van der Waals surface area (Å²) < 4.78 is 33.8. The Balaban J connectivity index is 0.00000137. The number of morpholine rings is 1. The minimum absolute atomic E-state index is 0.239. The van der Waals surface area contributed by atoms with Gasteiger partial charge in [0.1, 0.15) is 0 Å². The van der Waals surface area contributed by atoms with Gasteiger partial charge in [-0.05, 0) is 55.4 Å². The van der Waals surface area contributed by atoms with Crippen molar-refractivity contribution >= 4 is 21.1 Å². The second-order valence-corrected chi connectivity index (χ2v) is 11.3. The fourth-order valence-corrected chi connectivity index (χ4v) is 6.90. The Hall–Kier alpha value is -3.01. The zero-order valence-corrected chi connectivity index (χ0v) is 22.3. The van der Waals surface area contributed by atoms with Crippen LogP contribution in [0.15, 0.2) is 66.1 Å². The molecular weight excluding hydrogens is 486 g/mol. The summed E-state index contributed by atoms with van der Waals surface area (Å²) in [6, 6.07) is 11.3. The summed E-state index contributed by atoms with van der Waals surface area (Å²) >= 11 is 0. The van der Waals surface area contributed by atoms with Gasteiger partial charge in [-0.3, -0.25) is 10.00 Å². The molecule has 1 N–H and O–H groups in total. The minimum Gasteiger partial charge on any atom is -0.379 e. The van der Waals surface area contributed by atoms with Crippen molar-refractivity contribution in [2.75, 3.05) is 26.3 Å². The molecule has 1 saturated carbocycles. The van der Waals surface area contributed by atoms with Crippen LogP contribution < -0.4 is 0 Å². The first-order valence-corrected chi connectivity index (χ1v) is 14.7. The Morgan fingerprint density at radius 2 is 1.73 bits per heavy atom. The second-order valence-electron chi connectivity index (χ2n) is 9.44. The average molecular weight is 522 g/mol. The van der Waals surface area contributed by atoms with Crippen molar-refractivity contribution in [2.24, 2.45) is 0 Å². The van der Waals surface area contributed by atoms with E-state index in [4.69, 9.17) is 9.72 Å². The van der Waals surface area contributed by atoms with Crippen LogP contribution in [0.2, 0.25) is 0 Å². The number of aromatic amines is 1. The fraction of sp³-hybridized carbons (Fsp3) is 0.429. The molecule has 196 valence electrons. The van der Waals surface area contributed by atoms with Gasteiger partial charge in [-0.15, -0.1) is 0 Å². The van der Waals surface area contributed by atoms with E-state index in [2.05, 4.69) is 21.2 Å². The second kappa shape index (κ2) is 11.2. The third kappa shape index (κ3) is 5.08. The van der Waals surface area contributed by atoms with Crippen molar-refractivity contribution in [2.45, 2.75) is 56.4 Å². The molecule has 6 rings (SSSR count). The fourth-order valence-electron chi connectivity index (χ4n) is 5.55. The van der Waals surface area contributed by atoms with Gasteiger partial charge in [-0.2, -0.15) is 5.10 Å². The lowest BCUT2D eigenvalue weighted by atomic mass is 9.81. The first-order chi connectivity index (χ1) is 18.1. The number of nitrogens with zero attached hydrogens (tertiary/aromatic N) is 4. The number of hydrogen-bond donors (Lipinski definition) is 1. The molecule has 0 radical (unpaired) electrons. The Morgan fingerprint density at radius 3 is 2.41 bits per heavy atom. The molecule has 9 heteroatoms. The van der Waals surface area contributed by atoms with Crippen LogP contribution in [0.4, 0.5) is 0 Å². The van der Waals surface area contributed by atoms with Crippen LogP contribution in [0.3, 0.4) is 0 Å². The Bertz CT molecular complexity index is 1400. The molecule has 8 nitrogen and oxygen atoms in total. The Kier molecular flexibility index (Phi) is 7.73. The maximum Gasteiger partial charge on any atom is 0.269 e. The molecule has 0 bridgehead atoms. The predicted molar refractivity (Wildman–Crippen MR) is 145 cm³/mol. The third-order valence-electron chi connectivity index (χ3n) is 7.47. The molecule has 1 aromatic carbocycles. The number of hydrogen-bond acceptors (Lipinski definition) is 6. The van der Waals surface area contributed by atoms with Gasteiger partial charge in [0.2, 0.25) is 0 Å². The van der Waals surface area contributed by atoms with Gasteiger partial charge in [0.15, 0.2) is 5.65 Å². The molecule has 0 unspecified atom stereocenters. The van der Waals surface area contributed by atoms with Crippen LogP contribution in [0.5, 0.6) is 0 Å². The molecular formula is C28H35N5O3S. The van der Waals surface area contributed by atoms with Crippen molar-refractivity contribution in [1.29, 1.82) is 0 Å². The van der Waals surface area contributed by atoms with Gasteiger partial charge < -0.3 is 4.74 Å². The van der Waals surface area contributed by atoms with E-state index in [1.807, 2.05) is 26.1 Å². The molecule has 1 saturated heterocycles. The molecule has 37 heavy (non-hydrogen) atoms. The largest absolute Gasteiger partial charge is 0.379 e. The molecule has 2 fully saturated rings. The predicted octanol–water partition coefficient (Wildman–Crippen LogP) is 5.05. The summed E-state index contributed by atoms with van der Waals surface area (Å²) in [5, 5.41) is 7.76. The summed E-state index contributed by atoms with van der Waals surface area (Å²) in [4.78, 5) is 7.53. The van der Waals surface area contributed by atoms with Crippen LogP contribution in [0, 0.1) is 0 Å². The number of pyridine rings is 1. The lowest BCUT2D eigenvalue weighted by Crippen LogP contribution is -2.44. The number of ether oxygens (including phenoxy) is 1. The smallest absolute Gasteiger partial charge is 0.269 e. The van der Waals surface area contributed by atoms with E-state index in [0.717, 1.165) is 55.7 Å². The van der Waals surface area contributed by atoms with E-state index in [1.165, 1.54) is 22.4 Å². The van der Waals surface area contributed by atoms with Crippen molar-refractivity contribution in [3.8, 4) is 11.1 Å². The maximum atomic E-state index is 13.5. The number of aromatic nitrogens is 4. The van der Waals surface area contributed by atoms with Gasteiger partial charge in [-0.25, -0.2) is 17.4 Å². The highest BCUT2D eigenvalue weighted by atomic mass is 32.2. The maximum absolute atomic E-state index is 13.5. The lowest BCUT2D eigenvalue weighted by Gasteiger charge is -2.38. The van der Waals surface area contributed by atoms with Crippen molar-refractivity contribution < 1.29 is 13.2 Å². The zero-order valence-electron chi connectivity index (χ0n) is 21.5. The molecule has 1 aliphatic heterocycles. The molecule has 0 atom stereocenters. The summed E-state index contributed by atoms with van der Waals surface area (Å²) in [6.07, 6.45) is 11.6. The first kappa shape index (κ1) is 25.6. The van der Waals surface area contributed by atoms with E-state index in [9.17, 15) is 8.42 Å². The van der Waals surface area contributed by atoms with Crippen molar-refractivity contribution in [1.82, 2.24) is 24.1 Å². The highest BCUT2D eigenvalue weighted by Gasteiger charge is 2.29. The molecule has 1 aliphatic carbocycles. The van der Waals surface area contributed by atoms with Crippen LogP contribution in [-0.4, -0.2) is 64.8 Å². The van der Waals surface area contributed by atoms with Gasteiger partial charge in [0, 0.05) is 54.2 Å². The summed E-state index contributed by atoms with van der Waals surface area (Å²) in [5.41, 5.74) is 3.27. The van der Waals surface area contributed by atoms with Crippen LogP contribution in [-0.2, 0) is 14.8 Å². The molecule has 0 amide bonds. The zero-order chi connectivity index (χ0) is 25.8. The average Bonchev–Trinajstić information content (AvgIpc) is 3.63. The summed E-state index contributed by atoms with van der Waals surface area (Å²) in [6.45, 7) is 7.72. The van der Waals surface area contributed by atoms with Crippen molar-refractivity contribution in [3.05, 3.63) is 66.7 Å². The summed E-state index contributed by atoms with van der Waals surface area (Å²) in [7, 11) is -3.79. The number of H-pyrrole nitrogens is 1. The highest BCUT2D eigenvalue weighted by molar-refractivity contribution is 7.90. The number of nitrogens with one attached hydrogen (secondary N) is 1. The van der Waals surface area contributed by atoms with Crippen LogP contribution >= 0.6 is 0 Å². The SMILES string of the molecule is CC.O=S(=O)(c1ccccc1)n1cc(-c2cn[nH]c2)c2cc(C3CCC(N4CCOCC4)CC3)cnc21. The monoisotopic (exact) mass is 521 g/mol. The van der Waals surface area contributed by atoms with E-state index in [1.54, 1.807) is 42.9 Å². The van der Waals surface area contributed by atoms with Crippen LogP contribution in [0.1, 0.15) is 51.0 Å². The standard InChI is InChI=1S/C26H29N5O3S.C2H6/c32-35(33,23-4-2-1-3-5-23)31-18-25(21-16-28-29-17-21)24-14-20(15-27-26(24)31)19-6-8-22(9-7-19)30-10-12-34-13-11-30;1-2/h1-5,14-19,22H,6-13H2,(H,28,29);1-2H3. The topological polar surface area (TPSA) is 93.1 Å². The van der Waals surface area contributed by atoms with Gasteiger partial charge in [0.05, 0.1) is 24.3 Å². The Morgan fingerprint density at radius 1 is 1.00 bits per heavy atom. The van der Waals surface area contributed by atoms with Gasteiger partial charge in [-0.1, -0.05) is 32.0 Å². The number of fused-ring (bicyclic) bond motifs is 1. The van der Waals surface area contributed by atoms with E-state index in [-0.39, 0.29) is 4.90 Å². The number of rotatable bonds is 5. The third-order valence-corrected chi connectivity index (χ3v) is 9.14. The quantitative estimate of drug-likeness (QED) is 0.395. The van der Waals surface area contributed by atoms with E-state index < -0.39 is 10.0 Å². The lowest BCUT2D eigenvalue weighted by molar-refractivity contribution is 0.00729. The molecule has 3 aromatic heterocycles. The van der Waals surface area contributed by atoms with Gasteiger partial charge in [0.25, 0.3) is 10.0 Å². The minimum atomic E-state index is -3.79. The molecule has 4 aromatic rings. The first-order valence-electron chi connectivity index (χ1n) is 13.2. The highest BCUT2D eigenvalue weighted by Crippen LogP contribution is 2.38. The molecule has 2 aliphatic rings. The van der Waals surface area contributed by atoms with E-state index in [0.29, 0.717) is 17.6 Å². The van der Waals surface area contributed by atoms with E-state index >= 15 is 0 Å². The summed E-state index contributed by atoms with van der Waals surface area (Å²) in [5.74, 6) is 0.426. The van der Waals surface area contributed by atoms with Crippen molar-refractivity contribution in [3.63, 3.8) is 0 Å². The number of benzene rings is 1. The Labute approximate surface area is 218 Å².